The maximum atomic E-state index is 12.8. The summed E-state index contributed by atoms with van der Waals surface area (Å²) in [4.78, 5) is 23.9. The van der Waals surface area contributed by atoms with Gasteiger partial charge < -0.3 is 25.2 Å². The molecule has 3 aromatic heterocycles. The number of hydrogen-bond acceptors (Lipinski definition) is 9. The molecule has 0 saturated carbocycles. The lowest BCUT2D eigenvalue weighted by Gasteiger charge is -2.11. The minimum Gasteiger partial charge on any atom is -0.477 e. The van der Waals surface area contributed by atoms with Crippen LogP contribution >= 0.6 is 0 Å². The van der Waals surface area contributed by atoms with Gasteiger partial charge in [0.15, 0.2) is 11.5 Å². The average Bonchev–Trinajstić information content (AvgIpc) is 3.43. The molecule has 1 fully saturated rings. The normalized spacial score (nSPS) is 15.9. The third-order valence-electron chi connectivity index (χ3n) is 4.90. The van der Waals surface area contributed by atoms with Crippen LogP contribution < -0.4 is 20.7 Å². The molecule has 4 rings (SSSR count). The van der Waals surface area contributed by atoms with Crippen LogP contribution in [-0.2, 0) is 6.18 Å². The summed E-state index contributed by atoms with van der Waals surface area (Å²) >= 11 is 0. The number of aryl methyl sites for hydroxylation is 1. The van der Waals surface area contributed by atoms with Crippen LogP contribution in [0.1, 0.15) is 28.2 Å². The summed E-state index contributed by atoms with van der Waals surface area (Å²) in [7, 11) is 0. The molecule has 33 heavy (non-hydrogen) atoms. The van der Waals surface area contributed by atoms with Crippen molar-refractivity contribution in [1.82, 2.24) is 25.4 Å². The van der Waals surface area contributed by atoms with E-state index < -0.39 is 17.8 Å². The van der Waals surface area contributed by atoms with Gasteiger partial charge in [-0.15, -0.1) is 0 Å². The second-order valence-electron chi connectivity index (χ2n) is 7.39. The second kappa shape index (κ2) is 9.40. The number of anilines is 3. The van der Waals surface area contributed by atoms with Crippen molar-refractivity contribution in [3.63, 3.8) is 0 Å². The number of carbonyl (C=O) groups is 1. The molecular formula is C20H20F3N7O3. The van der Waals surface area contributed by atoms with Crippen molar-refractivity contribution < 1.29 is 27.2 Å². The first kappa shape index (κ1) is 22.5. The molecule has 1 aliphatic rings. The number of halogens is 3. The number of aromatic nitrogens is 4. The predicted molar refractivity (Wildman–Crippen MR) is 110 cm³/mol. The number of rotatable bonds is 7. The maximum Gasteiger partial charge on any atom is 0.434 e. The van der Waals surface area contributed by atoms with Gasteiger partial charge in [0, 0.05) is 18.5 Å². The third-order valence-corrected chi connectivity index (χ3v) is 4.90. The predicted octanol–water partition coefficient (Wildman–Crippen LogP) is 3.17. The Kier molecular flexibility index (Phi) is 6.40. The molecule has 3 N–H and O–H groups in total. The fraction of sp³-hybridized carbons (Fsp3) is 0.350. The summed E-state index contributed by atoms with van der Waals surface area (Å²) in [6.45, 7) is 4.01. The Morgan fingerprint density at radius 1 is 1.24 bits per heavy atom. The number of hydrogen-bond donors (Lipinski definition) is 3. The Balaban J connectivity index is 1.40. The molecule has 0 unspecified atom stereocenters. The number of ether oxygens (including phenoxy) is 1. The van der Waals surface area contributed by atoms with E-state index in [9.17, 15) is 18.0 Å². The molecule has 1 saturated heterocycles. The lowest BCUT2D eigenvalue weighted by Crippen LogP contribution is -2.16. The molecular weight excluding hydrogens is 443 g/mol. The van der Waals surface area contributed by atoms with E-state index in [0.29, 0.717) is 30.3 Å². The summed E-state index contributed by atoms with van der Waals surface area (Å²) in [6.07, 6.45) is -0.643. The zero-order valence-electron chi connectivity index (χ0n) is 17.4. The number of nitrogens with zero attached hydrogens (tertiary/aromatic N) is 4. The number of nitrogens with one attached hydrogen (secondary N) is 3. The minimum absolute atomic E-state index is 0.0474. The van der Waals surface area contributed by atoms with Gasteiger partial charge in [-0.3, -0.25) is 4.79 Å². The quantitative estimate of drug-likeness (QED) is 0.484. The van der Waals surface area contributed by atoms with Crippen molar-refractivity contribution in [1.29, 1.82) is 0 Å². The van der Waals surface area contributed by atoms with Crippen LogP contribution in [0.3, 0.4) is 0 Å². The van der Waals surface area contributed by atoms with E-state index in [1.807, 2.05) is 0 Å². The number of alkyl halides is 3. The number of amides is 1. The van der Waals surface area contributed by atoms with Crippen molar-refractivity contribution in [2.75, 3.05) is 30.3 Å². The SMILES string of the molecule is Cc1noc(Nc2cnc(C(F)(F)F)cn2)c1C(=O)Nc1ccc(OC[C@@H]2CCNC2)nc1. The molecule has 0 aliphatic carbocycles. The van der Waals surface area contributed by atoms with Crippen LogP contribution in [0.5, 0.6) is 5.88 Å². The Labute approximate surface area is 186 Å². The van der Waals surface area contributed by atoms with Gasteiger partial charge in [0.1, 0.15) is 5.56 Å². The highest BCUT2D eigenvalue weighted by Crippen LogP contribution is 2.28. The smallest absolute Gasteiger partial charge is 0.434 e. The highest BCUT2D eigenvalue weighted by Gasteiger charge is 2.33. The monoisotopic (exact) mass is 463 g/mol. The standard InChI is InChI=1S/C20H20F3N7O3/c1-11-17(19(33-30-11)29-15-9-25-14(8-26-15)20(21,22)23)18(31)28-13-2-3-16(27-7-13)32-10-12-4-5-24-6-12/h2-3,7-9,12,24H,4-6,10H2,1H3,(H,26,29)(H,28,31)/t12-/m1/s1. The van der Waals surface area contributed by atoms with Crippen LogP contribution in [0.2, 0.25) is 0 Å². The first-order valence-corrected chi connectivity index (χ1v) is 10.0. The van der Waals surface area contributed by atoms with Crippen LogP contribution in [0.25, 0.3) is 0 Å². The molecule has 0 aromatic carbocycles. The van der Waals surface area contributed by atoms with E-state index in [1.165, 1.54) is 6.20 Å². The van der Waals surface area contributed by atoms with Crippen molar-refractivity contribution in [3.8, 4) is 5.88 Å². The van der Waals surface area contributed by atoms with Crippen molar-refractivity contribution in [2.24, 2.45) is 5.92 Å². The first-order chi connectivity index (χ1) is 15.8. The largest absolute Gasteiger partial charge is 0.477 e. The summed E-state index contributed by atoms with van der Waals surface area (Å²) in [5.74, 6) is 0.210. The lowest BCUT2D eigenvalue weighted by atomic mass is 10.1. The summed E-state index contributed by atoms with van der Waals surface area (Å²) in [5, 5.41) is 12.3. The lowest BCUT2D eigenvalue weighted by molar-refractivity contribution is -0.141. The van der Waals surface area contributed by atoms with E-state index >= 15 is 0 Å². The number of pyridine rings is 1. The van der Waals surface area contributed by atoms with Gasteiger partial charge in [0.25, 0.3) is 5.91 Å². The van der Waals surface area contributed by atoms with Gasteiger partial charge in [-0.25, -0.2) is 15.0 Å². The van der Waals surface area contributed by atoms with E-state index in [2.05, 4.69) is 36.1 Å². The molecule has 13 heteroatoms. The van der Waals surface area contributed by atoms with Crippen molar-refractivity contribution in [3.05, 3.63) is 47.7 Å². The molecule has 0 radical (unpaired) electrons. The Morgan fingerprint density at radius 3 is 2.73 bits per heavy atom. The molecule has 10 nitrogen and oxygen atoms in total. The van der Waals surface area contributed by atoms with E-state index in [4.69, 9.17) is 9.26 Å². The fourth-order valence-corrected chi connectivity index (χ4v) is 3.17. The van der Waals surface area contributed by atoms with Gasteiger partial charge in [-0.05, 0) is 26.0 Å². The summed E-state index contributed by atoms with van der Waals surface area (Å²) in [6, 6.07) is 3.29. The van der Waals surface area contributed by atoms with E-state index in [-0.39, 0.29) is 23.0 Å². The first-order valence-electron chi connectivity index (χ1n) is 10.0. The highest BCUT2D eigenvalue weighted by atomic mass is 19.4. The van der Waals surface area contributed by atoms with E-state index in [1.54, 1.807) is 19.1 Å². The maximum absolute atomic E-state index is 12.8. The van der Waals surface area contributed by atoms with Gasteiger partial charge in [0.05, 0.1) is 36.6 Å². The Hall–Kier alpha value is -3.74. The Morgan fingerprint density at radius 2 is 2.09 bits per heavy atom. The fourth-order valence-electron chi connectivity index (χ4n) is 3.17. The van der Waals surface area contributed by atoms with Crippen LogP contribution in [0, 0.1) is 12.8 Å². The van der Waals surface area contributed by atoms with Crippen molar-refractivity contribution >= 4 is 23.3 Å². The summed E-state index contributed by atoms with van der Waals surface area (Å²) in [5.41, 5.74) is -0.394. The number of carbonyl (C=O) groups excluding carboxylic acids is 1. The van der Waals surface area contributed by atoms with Crippen LogP contribution in [0.15, 0.2) is 35.2 Å². The molecule has 0 spiro atoms. The average molecular weight is 463 g/mol. The molecule has 0 bridgehead atoms. The van der Waals surface area contributed by atoms with Gasteiger partial charge in [0.2, 0.25) is 11.8 Å². The van der Waals surface area contributed by atoms with Gasteiger partial charge >= 0.3 is 6.18 Å². The van der Waals surface area contributed by atoms with Crippen LogP contribution in [0.4, 0.5) is 30.6 Å². The highest BCUT2D eigenvalue weighted by molar-refractivity contribution is 6.08. The van der Waals surface area contributed by atoms with Crippen molar-refractivity contribution in [2.45, 2.75) is 19.5 Å². The second-order valence-corrected chi connectivity index (χ2v) is 7.39. The Bertz CT molecular complexity index is 1100. The minimum atomic E-state index is -4.61. The molecule has 1 amide bonds. The topological polar surface area (TPSA) is 127 Å². The zero-order chi connectivity index (χ0) is 23.4. The molecule has 3 aromatic rings. The molecule has 1 aliphatic heterocycles. The van der Waals surface area contributed by atoms with E-state index in [0.717, 1.165) is 25.7 Å². The van der Waals surface area contributed by atoms with Gasteiger partial charge in [-0.1, -0.05) is 5.16 Å². The molecule has 174 valence electrons. The third kappa shape index (κ3) is 5.55. The zero-order valence-corrected chi connectivity index (χ0v) is 17.4. The van der Waals surface area contributed by atoms with Gasteiger partial charge in [-0.2, -0.15) is 13.2 Å². The van der Waals surface area contributed by atoms with Crippen LogP contribution in [-0.4, -0.2) is 45.7 Å². The summed E-state index contributed by atoms with van der Waals surface area (Å²) < 4.78 is 48.7. The molecule has 4 heterocycles. The molecule has 1 atom stereocenters.